The highest BCUT2D eigenvalue weighted by atomic mass is 16.7. The van der Waals surface area contributed by atoms with Crippen LogP contribution in [0.3, 0.4) is 0 Å². The van der Waals surface area contributed by atoms with Gasteiger partial charge in [-0.25, -0.2) is 0 Å². The number of ether oxygens (including phenoxy) is 2. The van der Waals surface area contributed by atoms with Gasteiger partial charge in [-0.15, -0.1) is 0 Å². The fourth-order valence-corrected chi connectivity index (χ4v) is 3.30. The number of benzene rings is 2. The Morgan fingerprint density at radius 1 is 0.960 bits per heavy atom. The summed E-state index contributed by atoms with van der Waals surface area (Å²) in [4.78, 5) is 14.6. The van der Waals surface area contributed by atoms with E-state index in [1.165, 1.54) is 18.5 Å². The second-order valence-electron chi connectivity index (χ2n) is 6.50. The van der Waals surface area contributed by atoms with Gasteiger partial charge in [0.05, 0.1) is 6.42 Å². The number of nitrogens with one attached hydrogen (secondary N) is 1. The fourth-order valence-electron chi connectivity index (χ4n) is 3.30. The van der Waals surface area contributed by atoms with E-state index in [0.717, 1.165) is 35.7 Å². The lowest BCUT2D eigenvalue weighted by atomic mass is 10.1. The Balaban J connectivity index is 1.30. The van der Waals surface area contributed by atoms with Crippen LogP contribution in [-0.4, -0.2) is 25.8 Å². The van der Waals surface area contributed by atoms with Gasteiger partial charge in [0, 0.05) is 25.3 Å². The molecule has 0 spiro atoms. The number of carbonyl (C=O) groups is 1. The van der Waals surface area contributed by atoms with Crippen molar-refractivity contribution in [3.05, 3.63) is 53.6 Å². The summed E-state index contributed by atoms with van der Waals surface area (Å²) in [5.74, 6) is 1.52. The van der Waals surface area contributed by atoms with Crippen LogP contribution in [0.4, 0.5) is 5.69 Å². The summed E-state index contributed by atoms with van der Waals surface area (Å²) in [6.07, 6.45) is 2.93. The minimum atomic E-state index is 0.0200. The lowest BCUT2D eigenvalue weighted by molar-refractivity contribution is -0.120. The van der Waals surface area contributed by atoms with Gasteiger partial charge in [-0.3, -0.25) is 4.79 Å². The van der Waals surface area contributed by atoms with E-state index in [-0.39, 0.29) is 12.7 Å². The first-order valence-electron chi connectivity index (χ1n) is 8.77. The zero-order valence-electron chi connectivity index (χ0n) is 14.2. The smallest absolute Gasteiger partial charge is 0.231 e. The van der Waals surface area contributed by atoms with Crippen LogP contribution in [0.15, 0.2) is 42.5 Å². The van der Waals surface area contributed by atoms with Crippen LogP contribution in [0.1, 0.15) is 24.0 Å². The maximum absolute atomic E-state index is 12.2. The molecule has 0 radical (unpaired) electrons. The van der Waals surface area contributed by atoms with Gasteiger partial charge in [0.1, 0.15) is 0 Å². The van der Waals surface area contributed by atoms with Crippen LogP contribution >= 0.6 is 0 Å². The van der Waals surface area contributed by atoms with Crippen LogP contribution in [0.2, 0.25) is 0 Å². The maximum atomic E-state index is 12.2. The molecular weight excluding hydrogens is 316 g/mol. The van der Waals surface area contributed by atoms with Crippen molar-refractivity contribution in [2.24, 2.45) is 0 Å². The van der Waals surface area contributed by atoms with Crippen molar-refractivity contribution in [2.75, 3.05) is 24.8 Å². The molecule has 2 aromatic carbocycles. The first-order chi connectivity index (χ1) is 12.3. The second-order valence-corrected chi connectivity index (χ2v) is 6.50. The highest BCUT2D eigenvalue weighted by Gasteiger charge is 2.14. The third kappa shape index (κ3) is 3.71. The Kier molecular flexibility index (Phi) is 4.46. The molecule has 2 aliphatic rings. The van der Waals surface area contributed by atoms with Crippen molar-refractivity contribution in [1.29, 1.82) is 0 Å². The van der Waals surface area contributed by atoms with Gasteiger partial charge in [-0.05, 0) is 48.2 Å². The van der Waals surface area contributed by atoms with Crippen molar-refractivity contribution >= 4 is 11.6 Å². The number of anilines is 1. The van der Waals surface area contributed by atoms with E-state index < -0.39 is 0 Å². The molecule has 0 aliphatic carbocycles. The Morgan fingerprint density at radius 2 is 1.68 bits per heavy atom. The Morgan fingerprint density at radius 3 is 2.48 bits per heavy atom. The molecule has 0 unspecified atom stereocenters. The van der Waals surface area contributed by atoms with Gasteiger partial charge in [0.2, 0.25) is 12.7 Å². The molecule has 5 nitrogen and oxygen atoms in total. The molecule has 130 valence electrons. The number of rotatable bonds is 5. The number of hydrogen-bond acceptors (Lipinski definition) is 4. The van der Waals surface area contributed by atoms with Crippen LogP contribution in [-0.2, 0) is 17.8 Å². The molecule has 1 N–H and O–H groups in total. The van der Waals surface area contributed by atoms with E-state index in [2.05, 4.69) is 22.3 Å². The summed E-state index contributed by atoms with van der Waals surface area (Å²) in [6, 6.07) is 14.1. The van der Waals surface area contributed by atoms with Gasteiger partial charge in [0.15, 0.2) is 11.5 Å². The average Bonchev–Trinajstić information content (AvgIpc) is 3.32. The van der Waals surface area contributed by atoms with E-state index in [0.29, 0.717) is 13.0 Å². The summed E-state index contributed by atoms with van der Waals surface area (Å²) >= 11 is 0. The zero-order chi connectivity index (χ0) is 17.1. The first-order valence-corrected chi connectivity index (χ1v) is 8.77. The van der Waals surface area contributed by atoms with Crippen molar-refractivity contribution < 1.29 is 14.3 Å². The summed E-state index contributed by atoms with van der Waals surface area (Å²) in [6.45, 7) is 3.02. The highest BCUT2D eigenvalue weighted by Crippen LogP contribution is 2.32. The summed E-state index contributed by atoms with van der Waals surface area (Å²) in [5.41, 5.74) is 3.29. The molecule has 1 saturated heterocycles. The number of amides is 1. The van der Waals surface area contributed by atoms with Gasteiger partial charge in [-0.2, -0.15) is 0 Å². The van der Waals surface area contributed by atoms with Gasteiger partial charge in [0.25, 0.3) is 0 Å². The third-order valence-corrected chi connectivity index (χ3v) is 4.70. The summed E-state index contributed by atoms with van der Waals surface area (Å²) < 4.78 is 10.6. The topological polar surface area (TPSA) is 50.8 Å². The van der Waals surface area contributed by atoms with Crippen LogP contribution in [0, 0.1) is 0 Å². The summed E-state index contributed by atoms with van der Waals surface area (Å²) in [7, 11) is 0. The van der Waals surface area contributed by atoms with E-state index in [9.17, 15) is 4.79 Å². The van der Waals surface area contributed by atoms with Crippen LogP contribution < -0.4 is 19.7 Å². The molecule has 2 aromatic rings. The van der Waals surface area contributed by atoms with E-state index in [4.69, 9.17) is 9.47 Å². The van der Waals surface area contributed by atoms with Gasteiger partial charge < -0.3 is 19.7 Å². The molecule has 2 aliphatic heterocycles. The normalized spacial score (nSPS) is 15.4. The molecule has 0 aromatic heterocycles. The minimum Gasteiger partial charge on any atom is -0.454 e. The fraction of sp³-hybridized carbons (Fsp3) is 0.350. The van der Waals surface area contributed by atoms with Crippen LogP contribution in [0.5, 0.6) is 11.5 Å². The largest absolute Gasteiger partial charge is 0.454 e. The van der Waals surface area contributed by atoms with Crippen molar-refractivity contribution in [3.8, 4) is 11.5 Å². The zero-order valence-corrected chi connectivity index (χ0v) is 14.2. The lowest BCUT2D eigenvalue weighted by Gasteiger charge is -2.17. The molecule has 1 amide bonds. The SMILES string of the molecule is O=C(Cc1ccc(N2CCCC2)cc1)NCc1ccc2c(c1)OCO2. The molecule has 25 heavy (non-hydrogen) atoms. The molecular formula is C20H22N2O3. The molecule has 2 heterocycles. The van der Waals surface area contributed by atoms with E-state index in [1.54, 1.807) is 0 Å². The summed E-state index contributed by atoms with van der Waals surface area (Å²) in [5, 5.41) is 2.96. The quantitative estimate of drug-likeness (QED) is 0.911. The molecule has 5 heteroatoms. The predicted octanol–water partition coefficient (Wildman–Crippen LogP) is 2.87. The standard InChI is InChI=1S/C20H22N2O3/c23-20(21-13-16-5-8-18-19(11-16)25-14-24-18)12-15-3-6-17(7-4-15)22-9-1-2-10-22/h3-8,11H,1-2,9-10,12-14H2,(H,21,23). The molecule has 1 fully saturated rings. The maximum Gasteiger partial charge on any atom is 0.231 e. The number of carbonyl (C=O) groups excluding carboxylic acids is 1. The van der Waals surface area contributed by atoms with Gasteiger partial charge in [-0.1, -0.05) is 18.2 Å². The Hall–Kier alpha value is -2.69. The number of fused-ring (bicyclic) bond motifs is 1. The average molecular weight is 338 g/mol. The molecule has 0 atom stereocenters. The minimum absolute atomic E-state index is 0.0200. The Labute approximate surface area is 147 Å². The second kappa shape index (κ2) is 7.05. The van der Waals surface area contributed by atoms with E-state index in [1.807, 2.05) is 30.3 Å². The van der Waals surface area contributed by atoms with Crippen LogP contribution in [0.25, 0.3) is 0 Å². The molecule has 0 bridgehead atoms. The highest BCUT2D eigenvalue weighted by molar-refractivity contribution is 5.78. The lowest BCUT2D eigenvalue weighted by Crippen LogP contribution is -2.24. The number of nitrogens with zero attached hydrogens (tertiary/aromatic N) is 1. The molecule has 0 saturated carbocycles. The first kappa shape index (κ1) is 15.8. The molecule has 4 rings (SSSR count). The van der Waals surface area contributed by atoms with Gasteiger partial charge >= 0.3 is 0 Å². The Bertz CT molecular complexity index is 752. The third-order valence-electron chi connectivity index (χ3n) is 4.70. The van der Waals surface area contributed by atoms with Crippen molar-refractivity contribution in [3.63, 3.8) is 0 Å². The van der Waals surface area contributed by atoms with Crippen molar-refractivity contribution in [1.82, 2.24) is 5.32 Å². The predicted molar refractivity (Wildman–Crippen MR) is 96.0 cm³/mol. The number of hydrogen-bond donors (Lipinski definition) is 1. The monoisotopic (exact) mass is 338 g/mol. The van der Waals surface area contributed by atoms with E-state index >= 15 is 0 Å². The van der Waals surface area contributed by atoms with Crippen molar-refractivity contribution in [2.45, 2.75) is 25.8 Å².